The summed E-state index contributed by atoms with van der Waals surface area (Å²) in [5.41, 5.74) is 1.04. The Morgan fingerprint density at radius 1 is 0.970 bits per heavy atom. The highest BCUT2D eigenvalue weighted by Gasteiger charge is 2.31. The normalized spacial score (nSPS) is 14.2. The monoisotopic (exact) mass is 457 g/mol. The van der Waals surface area contributed by atoms with Gasteiger partial charge in [0.2, 0.25) is 11.9 Å². The second-order valence-corrected chi connectivity index (χ2v) is 7.42. The van der Waals surface area contributed by atoms with E-state index in [0.29, 0.717) is 55.0 Å². The number of benzene rings is 2. The van der Waals surface area contributed by atoms with Gasteiger partial charge in [0.1, 0.15) is 6.33 Å². The SMILES string of the molecule is CNC(=O)c1cccc(Nc2ncnc(N3CCN(c4cccc(C(F)(F)F)c4)CC3)n2)c1. The van der Waals surface area contributed by atoms with Gasteiger partial charge in [-0.2, -0.15) is 18.2 Å². The minimum Gasteiger partial charge on any atom is -0.368 e. The van der Waals surface area contributed by atoms with Crippen molar-refractivity contribution in [3.05, 3.63) is 66.0 Å². The van der Waals surface area contributed by atoms with Gasteiger partial charge in [0.25, 0.3) is 5.91 Å². The molecule has 0 spiro atoms. The van der Waals surface area contributed by atoms with E-state index in [9.17, 15) is 18.0 Å². The number of halogens is 3. The van der Waals surface area contributed by atoms with Gasteiger partial charge in [-0.05, 0) is 36.4 Å². The molecular formula is C22H22F3N7O. The Morgan fingerprint density at radius 3 is 2.42 bits per heavy atom. The summed E-state index contributed by atoms with van der Waals surface area (Å²) in [6, 6.07) is 12.3. The first kappa shape index (κ1) is 22.3. The van der Waals surface area contributed by atoms with Crippen molar-refractivity contribution in [2.75, 3.05) is 48.3 Å². The Kier molecular flexibility index (Phi) is 6.29. The first-order valence-electron chi connectivity index (χ1n) is 10.3. The Labute approximate surface area is 188 Å². The van der Waals surface area contributed by atoms with Gasteiger partial charge in [-0.3, -0.25) is 4.79 Å². The number of hydrogen-bond donors (Lipinski definition) is 2. The molecule has 172 valence electrons. The largest absolute Gasteiger partial charge is 0.416 e. The number of carbonyl (C=O) groups is 1. The van der Waals surface area contributed by atoms with Crippen LogP contribution in [0.1, 0.15) is 15.9 Å². The number of aromatic nitrogens is 3. The number of nitrogens with one attached hydrogen (secondary N) is 2. The van der Waals surface area contributed by atoms with E-state index in [1.807, 2.05) is 9.80 Å². The van der Waals surface area contributed by atoms with Gasteiger partial charge in [-0.1, -0.05) is 12.1 Å². The second-order valence-electron chi connectivity index (χ2n) is 7.42. The van der Waals surface area contributed by atoms with E-state index in [2.05, 4.69) is 25.6 Å². The fraction of sp³-hybridized carbons (Fsp3) is 0.273. The van der Waals surface area contributed by atoms with Gasteiger partial charge < -0.3 is 20.4 Å². The molecule has 0 atom stereocenters. The first-order valence-corrected chi connectivity index (χ1v) is 10.3. The fourth-order valence-electron chi connectivity index (χ4n) is 3.56. The summed E-state index contributed by atoms with van der Waals surface area (Å²) in [5, 5.41) is 5.65. The van der Waals surface area contributed by atoms with E-state index in [4.69, 9.17) is 0 Å². The third-order valence-corrected chi connectivity index (χ3v) is 5.27. The molecule has 0 radical (unpaired) electrons. The second kappa shape index (κ2) is 9.31. The smallest absolute Gasteiger partial charge is 0.368 e. The summed E-state index contributed by atoms with van der Waals surface area (Å²) in [6.07, 6.45) is -2.97. The number of rotatable bonds is 5. The standard InChI is InChI=1S/C22H22F3N7O/c1-26-19(33)15-4-2-6-17(12-15)29-20-27-14-28-21(30-20)32-10-8-31(9-11-32)18-7-3-5-16(13-18)22(23,24)25/h2-7,12-14H,8-11H2,1H3,(H,26,33)(H,27,28,29,30). The molecule has 2 aromatic carbocycles. The predicted octanol–water partition coefficient (Wildman–Crippen LogP) is 3.32. The van der Waals surface area contributed by atoms with Crippen LogP contribution in [0.2, 0.25) is 0 Å². The number of anilines is 4. The van der Waals surface area contributed by atoms with E-state index >= 15 is 0 Å². The summed E-state index contributed by atoms with van der Waals surface area (Å²) in [6.45, 7) is 2.16. The third kappa shape index (κ3) is 5.30. The summed E-state index contributed by atoms with van der Waals surface area (Å²) in [4.78, 5) is 28.5. The molecule has 1 fully saturated rings. The van der Waals surface area contributed by atoms with Crippen LogP contribution >= 0.6 is 0 Å². The van der Waals surface area contributed by atoms with Crippen LogP contribution in [0.15, 0.2) is 54.9 Å². The number of carbonyl (C=O) groups excluding carboxylic acids is 1. The molecule has 1 aliphatic heterocycles. The summed E-state index contributed by atoms with van der Waals surface area (Å²) >= 11 is 0. The van der Waals surface area contributed by atoms with Gasteiger partial charge in [-0.25, -0.2) is 9.97 Å². The van der Waals surface area contributed by atoms with E-state index in [1.165, 1.54) is 18.5 Å². The first-order chi connectivity index (χ1) is 15.8. The lowest BCUT2D eigenvalue weighted by Gasteiger charge is -2.36. The predicted molar refractivity (Wildman–Crippen MR) is 119 cm³/mol. The lowest BCUT2D eigenvalue weighted by atomic mass is 10.1. The number of nitrogens with zero attached hydrogens (tertiary/aromatic N) is 5. The zero-order valence-electron chi connectivity index (χ0n) is 17.8. The van der Waals surface area contributed by atoms with Crippen molar-refractivity contribution in [3.63, 3.8) is 0 Å². The summed E-state index contributed by atoms with van der Waals surface area (Å²) in [7, 11) is 1.56. The molecule has 1 saturated heterocycles. The van der Waals surface area contributed by atoms with Gasteiger partial charge in [0.15, 0.2) is 0 Å². The molecule has 1 aromatic heterocycles. The molecular weight excluding hydrogens is 435 g/mol. The Balaban J connectivity index is 1.42. The molecule has 1 aliphatic rings. The van der Waals surface area contributed by atoms with Crippen LogP contribution in [-0.2, 0) is 6.18 Å². The molecule has 2 heterocycles. The van der Waals surface area contributed by atoms with Crippen molar-refractivity contribution >= 4 is 29.2 Å². The minimum atomic E-state index is -4.37. The Hall–Kier alpha value is -3.89. The van der Waals surface area contributed by atoms with E-state index in [-0.39, 0.29) is 5.91 Å². The molecule has 11 heteroatoms. The van der Waals surface area contributed by atoms with Crippen molar-refractivity contribution in [2.24, 2.45) is 0 Å². The van der Waals surface area contributed by atoms with E-state index < -0.39 is 11.7 Å². The van der Waals surface area contributed by atoms with Crippen LogP contribution < -0.4 is 20.4 Å². The number of piperazine rings is 1. The van der Waals surface area contributed by atoms with Crippen molar-refractivity contribution in [1.29, 1.82) is 0 Å². The van der Waals surface area contributed by atoms with E-state index in [1.54, 1.807) is 37.4 Å². The molecule has 1 amide bonds. The highest BCUT2D eigenvalue weighted by atomic mass is 19.4. The number of amides is 1. The highest BCUT2D eigenvalue weighted by molar-refractivity contribution is 5.95. The average molecular weight is 457 g/mol. The molecule has 3 aromatic rings. The summed E-state index contributed by atoms with van der Waals surface area (Å²) in [5.74, 6) is 0.599. The van der Waals surface area contributed by atoms with Crippen LogP contribution in [0.4, 0.5) is 36.4 Å². The van der Waals surface area contributed by atoms with Crippen molar-refractivity contribution in [3.8, 4) is 0 Å². The van der Waals surface area contributed by atoms with Gasteiger partial charge in [0.05, 0.1) is 5.56 Å². The van der Waals surface area contributed by atoms with Crippen LogP contribution in [0.25, 0.3) is 0 Å². The maximum absolute atomic E-state index is 13.0. The van der Waals surface area contributed by atoms with Crippen molar-refractivity contribution in [2.45, 2.75) is 6.18 Å². The molecule has 0 unspecified atom stereocenters. The van der Waals surface area contributed by atoms with Gasteiger partial charge >= 0.3 is 6.18 Å². The molecule has 0 bridgehead atoms. The zero-order chi connectivity index (χ0) is 23.4. The van der Waals surface area contributed by atoms with Gasteiger partial charge in [0, 0.05) is 50.2 Å². The van der Waals surface area contributed by atoms with Crippen LogP contribution in [0.3, 0.4) is 0 Å². The van der Waals surface area contributed by atoms with Crippen molar-refractivity contribution in [1.82, 2.24) is 20.3 Å². The molecule has 4 rings (SSSR count). The molecule has 2 N–H and O–H groups in total. The van der Waals surface area contributed by atoms with E-state index in [0.717, 1.165) is 6.07 Å². The molecule has 0 aliphatic carbocycles. The number of hydrogen-bond acceptors (Lipinski definition) is 7. The molecule has 0 saturated carbocycles. The lowest BCUT2D eigenvalue weighted by molar-refractivity contribution is -0.137. The third-order valence-electron chi connectivity index (χ3n) is 5.27. The average Bonchev–Trinajstić information content (AvgIpc) is 2.83. The van der Waals surface area contributed by atoms with Crippen LogP contribution in [-0.4, -0.2) is 54.1 Å². The Bertz CT molecular complexity index is 1130. The quantitative estimate of drug-likeness (QED) is 0.608. The topological polar surface area (TPSA) is 86.3 Å². The molecule has 33 heavy (non-hydrogen) atoms. The van der Waals surface area contributed by atoms with Crippen molar-refractivity contribution < 1.29 is 18.0 Å². The van der Waals surface area contributed by atoms with Crippen LogP contribution in [0.5, 0.6) is 0 Å². The van der Waals surface area contributed by atoms with Crippen LogP contribution in [0, 0.1) is 0 Å². The maximum atomic E-state index is 13.0. The summed E-state index contributed by atoms with van der Waals surface area (Å²) < 4.78 is 39.1. The van der Waals surface area contributed by atoms with Gasteiger partial charge in [-0.15, -0.1) is 0 Å². The maximum Gasteiger partial charge on any atom is 0.416 e. The molecule has 8 nitrogen and oxygen atoms in total. The lowest BCUT2D eigenvalue weighted by Crippen LogP contribution is -2.47. The highest BCUT2D eigenvalue weighted by Crippen LogP contribution is 2.32. The Morgan fingerprint density at radius 2 is 1.70 bits per heavy atom. The number of alkyl halides is 3. The minimum absolute atomic E-state index is 0.200. The fourth-order valence-corrected chi connectivity index (χ4v) is 3.56. The zero-order valence-corrected chi connectivity index (χ0v) is 17.8.